The number of carbonyl (C=O) groups is 1. The van der Waals surface area contributed by atoms with Crippen LogP contribution in [0.25, 0.3) is 0 Å². The van der Waals surface area contributed by atoms with Crippen molar-refractivity contribution in [2.45, 2.75) is 46.6 Å². The lowest BCUT2D eigenvalue weighted by atomic mass is 9.93. The summed E-state index contributed by atoms with van der Waals surface area (Å²) in [6, 6.07) is 10.4. The van der Waals surface area contributed by atoms with Crippen LogP contribution in [0.4, 0.5) is 5.82 Å². The molecule has 0 aliphatic carbocycles. The quantitative estimate of drug-likeness (QED) is 0.805. The average Bonchev–Trinajstić information content (AvgIpc) is 2.92. The Bertz CT molecular complexity index is 660. The highest BCUT2D eigenvalue weighted by atomic mass is 16.5. The zero-order chi connectivity index (χ0) is 17.7. The first-order chi connectivity index (χ1) is 11.4. The summed E-state index contributed by atoms with van der Waals surface area (Å²) in [5.41, 5.74) is 2.51. The van der Waals surface area contributed by atoms with Crippen LogP contribution in [0, 0.1) is 12.8 Å². The maximum atomic E-state index is 12.1. The number of hydrogen-bond donors (Lipinski definition) is 2. The number of hydrogen-bond acceptors (Lipinski definition) is 4. The molecule has 0 bridgehead atoms. The largest absolute Gasteiger partial charge is 0.360 e. The van der Waals surface area contributed by atoms with Gasteiger partial charge in [-0.3, -0.25) is 4.79 Å². The van der Waals surface area contributed by atoms with Crippen molar-refractivity contribution in [3.63, 3.8) is 0 Å². The Kier molecular flexibility index (Phi) is 6.15. The molecule has 5 nitrogen and oxygen atoms in total. The molecule has 24 heavy (non-hydrogen) atoms. The molecule has 1 aromatic carbocycles. The van der Waals surface area contributed by atoms with Crippen molar-refractivity contribution < 1.29 is 9.32 Å². The van der Waals surface area contributed by atoms with Crippen molar-refractivity contribution in [2.24, 2.45) is 5.92 Å². The summed E-state index contributed by atoms with van der Waals surface area (Å²) >= 11 is 0. The lowest BCUT2D eigenvalue weighted by Gasteiger charge is -2.23. The molecule has 2 aromatic rings. The molecule has 0 radical (unpaired) electrons. The van der Waals surface area contributed by atoms with E-state index in [4.69, 9.17) is 4.52 Å². The lowest BCUT2D eigenvalue weighted by molar-refractivity contribution is -0.115. The molecular formula is C19H27N3O2. The van der Waals surface area contributed by atoms with Crippen LogP contribution in [0.3, 0.4) is 0 Å². The van der Waals surface area contributed by atoms with E-state index in [-0.39, 0.29) is 18.5 Å². The van der Waals surface area contributed by atoms with Gasteiger partial charge < -0.3 is 15.2 Å². The van der Waals surface area contributed by atoms with E-state index in [0.29, 0.717) is 23.4 Å². The fraction of sp³-hybridized carbons (Fsp3) is 0.474. The minimum Gasteiger partial charge on any atom is -0.360 e. The molecule has 2 N–H and O–H groups in total. The molecular weight excluding hydrogens is 302 g/mol. The van der Waals surface area contributed by atoms with Crippen molar-refractivity contribution in [1.29, 1.82) is 0 Å². The van der Waals surface area contributed by atoms with Gasteiger partial charge in [0.15, 0.2) is 5.82 Å². The number of anilines is 1. The zero-order valence-electron chi connectivity index (χ0n) is 15.1. The minimum atomic E-state index is -0.132. The molecule has 0 spiro atoms. The molecule has 1 heterocycles. The second-order valence-corrected chi connectivity index (χ2v) is 6.79. The van der Waals surface area contributed by atoms with E-state index in [0.717, 1.165) is 0 Å². The number of amides is 1. The number of benzene rings is 1. The van der Waals surface area contributed by atoms with Gasteiger partial charge in [0.05, 0.1) is 6.54 Å². The van der Waals surface area contributed by atoms with E-state index >= 15 is 0 Å². The van der Waals surface area contributed by atoms with Crippen LogP contribution < -0.4 is 10.6 Å². The Morgan fingerprint density at radius 2 is 1.75 bits per heavy atom. The third kappa shape index (κ3) is 4.93. The average molecular weight is 329 g/mol. The lowest BCUT2D eigenvalue weighted by Crippen LogP contribution is -2.33. The van der Waals surface area contributed by atoms with Gasteiger partial charge in [0.2, 0.25) is 5.91 Å². The number of rotatable bonds is 7. The van der Waals surface area contributed by atoms with Crippen molar-refractivity contribution in [3.05, 3.63) is 47.2 Å². The predicted molar refractivity (Wildman–Crippen MR) is 96.0 cm³/mol. The third-order valence-corrected chi connectivity index (χ3v) is 4.01. The first kappa shape index (κ1) is 18.2. The topological polar surface area (TPSA) is 67.2 Å². The van der Waals surface area contributed by atoms with Crippen molar-refractivity contribution in [1.82, 2.24) is 10.5 Å². The van der Waals surface area contributed by atoms with Crippen LogP contribution in [0.2, 0.25) is 0 Å². The number of nitrogens with one attached hydrogen (secondary N) is 2. The van der Waals surface area contributed by atoms with Crippen LogP contribution in [0.5, 0.6) is 0 Å². The summed E-state index contributed by atoms with van der Waals surface area (Å²) in [5.74, 6) is 1.87. The van der Waals surface area contributed by atoms with Gasteiger partial charge in [-0.1, -0.05) is 57.1 Å². The molecule has 0 saturated carbocycles. The summed E-state index contributed by atoms with van der Waals surface area (Å²) < 4.78 is 4.94. The number of aromatic nitrogens is 1. The molecule has 0 aliphatic heterocycles. The Balaban J connectivity index is 1.96. The van der Waals surface area contributed by atoms with Crippen molar-refractivity contribution in [2.75, 3.05) is 11.9 Å². The molecule has 5 heteroatoms. The summed E-state index contributed by atoms with van der Waals surface area (Å²) in [6.07, 6.45) is 0. The normalized spacial score (nSPS) is 12.6. The SMILES string of the molecule is Cc1cc(NC(=O)CN[C@H](c2ccc(C(C)C)cc2)C(C)C)no1. The van der Waals surface area contributed by atoms with Gasteiger partial charge in [-0.15, -0.1) is 0 Å². The maximum Gasteiger partial charge on any atom is 0.239 e. The summed E-state index contributed by atoms with van der Waals surface area (Å²) in [7, 11) is 0. The van der Waals surface area contributed by atoms with Gasteiger partial charge in [-0.25, -0.2) is 0 Å². The van der Waals surface area contributed by atoms with Gasteiger partial charge in [0.1, 0.15) is 5.76 Å². The Morgan fingerprint density at radius 3 is 2.25 bits per heavy atom. The van der Waals surface area contributed by atoms with E-state index in [9.17, 15) is 4.79 Å². The summed E-state index contributed by atoms with van der Waals surface area (Å²) in [4.78, 5) is 12.1. The van der Waals surface area contributed by atoms with Gasteiger partial charge in [0, 0.05) is 12.1 Å². The van der Waals surface area contributed by atoms with Crippen LogP contribution in [-0.4, -0.2) is 17.6 Å². The van der Waals surface area contributed by atoms with Crippen molar-refractivity contribution >= 4 is 11.7 Å². The Hall–Kier alpha value is -2.14. The molecule has 130 valence electrons. The highest BCUT2D eigenvalue weighted by molar-refractivity contribution is 5.91. The van der Waals surface area contributed by atoms with E-state index in [2.05, 4.69) is 67.8 Å². The number of nitrogens with zero attached hydrogens (tertiary/aromatic N) is 1. The van der Waals surface area contributed by atoms with Crippen molar-refractivity contribution in [3.8, 4) is 0 Å². The summed E-state index contributed by atoms with van der Waals surface area (Å²) in [5, 5.41) is 9.83. The smallest absolute Gasteiger partial charge is 0.239 e. The predicted octanol–water partition coefficient (Wildman–Crippen LogP) is 4.03. The molecule has 2 rings (SSSR count). The van der Waals surface area contributed by atoms with Gasteiger partial charge in [-0.2, -0.15) is 0 Å². The maximum absolute atomic E-state index is 12.1. The fourth-order valence-electron chi connectivity index (χ4n) is 2.64. The van der Waals surface area contributed by atoms with Crippen LogP contribution in [0.1, 0.15) is 56.5 Å². The highest BCUT2D eigenvalue weighted by Gasteiger charge is 2.17. The third-order valence-electron chi connectivity index (χ3n) is 4.01. The number of aryl methyl sites for hydroxylation is 1. The Labute approximate surface area is 143 Å². The Morgan fingerprint density at radius 1 is 1.12 bits per heavy atom. The van der Waals surface area contributed by atoms with Gasteiger partial charge in [0.25, 0.3) is 0 Å². The van der Waals surface area contributed by atoms with Crippen LogP contribution in [-0.2, 0) is 4.79 Å². The molecule has 0 aliphatic rings. The van der Waals surface area contributed by atoms with Crippen LogP contribution >= 0.6 is 0 Å². The first-order valence-corrected chi connectivity index (χ1v) is 8.43. The van der Waals surface area contributed by atoms with E-state index in [1.54, 1.807) is 13.0 Å². The molecule has 0 fully saturated rings. The van der Waals surface area contributed by atoms with E-state index in [1.165, 1.54) is 11.1 Å². The van der Waals surface area contributed by atoms with Crippen LogP contribution in [0.15, 0.2) is 34.9 Å². The molecule has 1 aromatic heterocycles. The van der Waals surface area contributed by atoms with E-state index < -0.39 is 0 Å². The van der Waals surface area contributed by atoms with Gasteiger partial charge in [-0.05, 0) is 29.9 Å². The zero-order valence-corrected chi connectivity index (χ0v) is 15.1. The second-order valence-electron chi connectivity index (χ2n) is 6.79. The summed E-state index contributed by atoms with van der Waals surface area (Å²) in [6.45, 7) is 10.7. The fourth-order valence-corrected chi connectivity index (χ4v) is 2.64. The molecule has 1 atom stereocenters. The number of carbonyl (C=O) groups excluding carboxylic acids is 1. The molecule has 0 unspecified atom stereocenters. The standard InChI is InChI=1S/C19H27N3O2/c1-12(2)15-6-8-16(9-7-15)19(13(3)4)20-11-18(23)21-17-10-14(5)24-22-17/h6-10,12-13,19-20H,11H2,1-5H3,(H,21,22,23)/t19-/m0/s1. The minimum absolute atomic E-state index is 0.121. The second kappa shape index (κ2) is 8.11. The van der Waals surface area contributed by atoms with Gasteiger partial charge >= 0.3 is 0 Å². The first-order valence-electron chi connectivity index (χ1n) is 8.43. The van der Waals surface area contributed by atoms with E-state index in [1.807, 2.05) is 0 Å². The molecule has 0 saturated heterocycles. The molecule has 1 amide bonds. The highest BCUT2D eigenvalue weighted by Crippen LogP contribution is 2.24. The monoisotopic (exact) mass is 329 g/mol.